The zero-order chi connectivity index (χ0) is 13.1. The van der Waals surface area contributed by atoms with Crippen molar-refractivity contribution in [1.29, 1.82) is 0 Å². The van der Waals surface area contributed by atoms with Gasteiger partial charge < -0.3 is 10.6 Å². The highest BCUT2D eigenvalue weighted by molar-refractivity contribution is 6.27. The molecule has 1 aromatic rings. The number of hydrogen-bond acceptors (Lipinski definition) is 3. The van der Waals surface area contributed by atoms with E-state index in [1.54, 1.807) is 17.9 Å². The Labute approximate surface area is 110 Å². The first-order valence-corrected chi connectivity index (χ1v) is 6.27. The summed E-state index contributed by atoms with van der Waals surface area (Å²) in [5.41, 5.74) is 0.880. The van der Waals surface area contributed by atoms with Crippen molar-refractivity contribution in [1.82, 2.24) is 20.4 Å². The summed E-state index contributed by atoms with van der Waals surface area (Å²) in [6, 6.07) is -0.384. The Kier molecular flexibility index (Phi) is 3.86. The maximum Gasteiger partial charge on any atom is 0.235 e. The van der Waals surface area contributed by atoms with Crippen LogP contribution >= 0.6 is 11.6 Å². The van der Waals surface area contributed by atoms with Crippen molar-refractivity contribution >= 4 is 23.4 Å². The number of nitrogens with one attached hydrogen (secondary N) is 2. The molecule has 0 unspecified atom stereocenters. The molecule has 2 heterocycles. The van der Waals surface area contributed by atoms with Gasteiger partial charge in [0.15, 0.2) is 0 Å². The lowest BCUT2D eigenvalue weighted by Crippen LogP contribution is -2.50. The van der Waals surface area contributed by atoms with Crippen LogP contribution in [0.3, 0.4) is 0 Å². The molecule has 1 saturated heterocycles. The molecule has 1 aliphatic heterocycles. The normalized spacial score (nSPS) is 23.6. The number of aryl methyl sites for hydroxylation is 1. The van der Waals surface area contributed by atoms with Gasteiger partial charge in [0.2, 0.25) is 11.8 Å². The zero-order valence-electron chi connectivity index (χ0n) is 10.0. The first kappa shape index (κ1) is 12.9. The molecule has 1 aromatic heterocycles. The Morgan fingerprint density at radius 2 is 2.50 bits per heavy atom. The number of aromatic nitrogens is 2. The molecule has 0 aromatic carbocycles. The maximum atomic E-state index is 11.5. The number of halogens is 1. The molecule has 0 bridgehead atoms. The molecule has 0 spiro atoms. The van der Waals surface area contributed by atoms with E-state index in [1.165, 1.54) is 0 Å². The van der Waals surface area contributed by atoms with Gasteiger partial charge in [-0.15, -0.1) is 11.6 Å². The number of rotatable bonds is 3. The van der Waals surface area contributed by atoms with Gasteiger partial charge in [-0.2, -0.15) is 5.10 Å². The fourth-order valence-electron chi connectivity index (χ4n) is 2.12. The van der Waals surface area contributed by atoms with E-state index in [1.807, 2.05) is 6.20 Å². The minimum Gasteiger partial charge on any atom is -0.350 e. The van der Waals surface area contributed by atoms with E-state index < -0.39 is 0 Å². The lowest BCUT2D eigenvalue weighted by atomic mass is 9.94. The number of piperidine rings is 1. The van der Waals surface area contributed by atoms with Gasteiger partial charge in [-0.1, -0.05) is 0 Å². The molecule has 2 amide bonds. The molecule has 0 saturated carbocycles. The van der Waals surface area contributed by atoms with Crippen LogP contribution in [-0.4, -0.2) is 33.5 Å². The number of amides is 2. The SMILES string of the molecule is Cn1cc([C@@H]2NC(=O)CC[C@H]2NC(=O)CCl)cn1. The second-order valence-electron chi connectivity index (χ2n) is 4.34. The summed E-state index contributed by atoms with van der Waals surface area (Å²) in [5.74, 6) is -0.323. The molecule has 1 aliphatic rings. The van der Waals surface area contributed by atoms with Crippen LogP contribution in [0.2, 0.25) is 0 Å². The molecule has 6 nitrogen and oxygen atoms in total. The molecule has 98 valence electrons. The van der Waals surface area contributed by atoms with Crippen molar-refractivity contribution in [3.05, 3.63) is 18.0 Å². The molecule has 7 heteroatoms. The van der Waals surface area contributed by atoms with Gasteiger partial charge in [-0.3, -0.25) is 14.3 Å². The number of alkyl halides is 1. The second kappa shape index (κ2) is 5.39. The van der Waals surface area contributed by atoms with Gasteiger partial charge in [-0.25, -0.2) is 0 Å². The summed E-state index contributed by atoms with van der Waals surface area (Å²) in [4.78, 5) is 22.8. The van der Waals surface area contributed by atoms with Gasteiger partial charge in [0.1, 0.15) is 5.88 Å². The topological polar surface area (TPSA) is 76.0 Å². The van der Waals surface area contributed by atoms with E-state index in [2.05, 4.69) is 15.7 Å². The van der Waals surface area contributed by atoms with Crippen LogP contribution in [0.25, 0.3) is 0 Å². The first-order valence-electron chi connectivity index (χ1n) is 5.73. The summed E-state index contributed by atoms with van der Waals surface area (Å²) in [6.07, 6.45) is 4.53. The average Bonchev–Trinajstić information content (AvgIpc) is 2.78. The van der Waals surface area contributed by atoms with Crippen molar-refractivity contribution in [2.24, 2.45) is 7.05 Å². The van der Waals surface area contributed by atoms with E-state index >= 15 is 0 Å². The van der Waals surface area contributed by atoms with Crippen molar-refractivity contribution in [3.8, 4) is 0 Å². The number of carbonyl (C=O) groups is 2. The highest BCUT2D eigenvalue weighted by Crippen LogP contribution is 2.23. The Morgan fingerprint density at radius 1 is 1.72 bits per heavy atom. The summed E-state index contributed by atoms with van der Waals surface area (Å²) in [6.45, 7) is 0. The number of nitrogens with zero attached hydrogens (tertiary/aromatic N) is 2. The highest BCUT2D eigenvalue weighted by atomic mass is 35.5. The third-order valence-electron chi connectivity index (χ3n) is 2.95. The first-order chi connectivity index (χ1) is 8.60. The molecule has 18 heavy (non-hydrogen) atoms. The van der Waals surface area contributed by atoms with Gasteiger partial charge in [-0.05, 0) is 6.42 Å². The average molecular weight is 271 g/mol. The second-order valence-corrected chi connectivity index (χ2v) is 4.61. The van der Waals surface area contributed by atoms with E-state index in [4.69, 9.17) is 11.6 Å². The minimum absolute atomic E-state index is 0.0137. The fraction of sp³-hybridized carbons (Fsp3) is 0.545. The predicted octanol–water partition coefficient (Wildman–Crippen LogP) is 0.0948. The maximum absolute atomic E-state index is 11.5. The predicted molar refractivity (Wildman–Crippen MR) is 66.0 cm³/mol. The van der Waals surface area contributed by atoms with Crippen molar-refractivity contribution < 1.29 is 9.59 Å². The quantitative estimate of drug-likeness (QED) is 0.765. The summed E-state index contributed by atoms with van der Waals surface area (Å²) in [7, 11) is 1.81. The van der Waals surface area contributed by atoms with Crippen LogP contribution in [0.4, 0.5) is 0 Å². The van der Waals surface area contributed by atoms with Crippen LogP contribution in [0.15, 0.2) is 12.4 Å². The van der Waals surface area contributed by atoms with E-state index in [0.717, 1.165) is 5.56 Å². The van der Waals surface area contributed by atoms with Crippen LogP contribution < -0.4 is 10.6 Å². The lowest BCUT2D eigenvalue weighted by Gasteiger charge is -2.32. The Balaban J connectivity index is 2.15. The molecule has 2 atom stereocenters. The van der Waals surface area contributed by atoms with Crippen LogP contribution in [0, 0.1) is 0 Å². The summed E-state index contributed by atoms with van der Waals surface area (Å²) in [5, 5.41) is 9.78. The van der Waals surface area contributed by atoms with Crippen LogP contribution in [0.1, 0.15) is 24.4 Å². The summed E-state index contributed by atoms with van der Waals surface area (Å²) >= 11 is 5.48. The van der Waals surface area contributed by atoms with Gasteiger partial charge in [0.05, 0.1) is 18.3 Å². The molecule has 2 rings (SSSR count). The van der Waals surface area contributed by atoms with Crippen LogP contribution in [0.5, 0.6) is 0 Å². The Bertz CT molecular complexity index is 460. The van der Waals surface area contributed by atoms with Crippen LogP contribution in [-0.2, 0) is 16.6 Å². The Morgan fingerprint density at radius 3 is 3.11 bits per heavy atom. The van der Waals surface area contributed by atoms with Crippen molar-refractivity contribution in [2.75, 3.05) is 5.88 Å². The smallest absolute Gasteiger partial charge is 0.235 e. The molecular weight excluding hydrogens is 256 g/mol. The van der Waals surface area contributed by atoms with E-state index in [-0.39, 0.29) is 29.8 Å². The van der Waals surface area contributed by atoms with Gasteiger partial charge in [0.25, 0.3) is 0 Å². The largest absolute Gasteiger partial charge is 0.350 e. The monoisotopic (exact) mass is 270 g/mol. The molecule has 1 fully saturated rings. The van der Waals surface area contributed by atoms with E-state index in [0.29, 0.717) is 12.8 Å². The summed E-state index contributed by atoms with van der Waals surface area (Å²) < 4.78 is 1.66. The van der Waals surface area contributed by atoms with Crippen molar-refractivity contribution in [2.45, 2.75) is 24.9 Å². The molecule has 2 N–H and O–H groups in total. The number of carbonyl (C=O) groups excluding carboxylic acids is 2. The van der Waals surface area contributed by atoms with E-state index in [9.17, 15) is 9.59 Å². The van der Waals surface area contributed by atoms with Gasteiger partial charge >= 0.3 is 0 Å². The zero-order valence-corrected chi connectivity index (χ0v) is 10.8. The third-order valence-corrected chi connectivity index (χ3v) is 3.20. The minimum atomic E-state index is -0.243. The van der Waals surface area contributed by atoms with Crippen molar-refractivity contribution in [3.63, 3.8) is 0 Å². The molecular formula is C11H15ClN4O2. The Hall–Kier alpha value is -1.56. The molecule has 0 radical (unpaired) electrons. The standard InChI is InChI=1S/C11H15ClN4O2/c1-16-6-7(5-13-16)11-8(14-10(18)4-12)2-3-9(17)15-11/h5-6,8,11H,2-4H2,1H3,(H,14,18)(H,15,17)/t8-,11+/m1/s1. The highest BCUT2D eigenvalue weighted by Gasteiger charge is 2.31. The van der Waals surface area contributed by atoms with Gasteiger partial charge in [0, 0.05) is 25.2 Å². The molecule has 0 aliphatic carbocycles. The number of hydrogen-bond donors (Lipinski definition) is 2. The fourth-order valence-corrected chi connectivity index (χ4v) is 2.19. The third kappa shape index (κ3) is 2.81. The lowest BCUT2D eigenvalue weighted by molar-refractivity contribution is -0.126.